The number of nitrogens with zero attached hydrogens (tertiary/aromatic N) is 2. The third-order valence-corrected chi connectivity index (χ3v) is 3.70. The number of carbonyl (C=O) groups excluding carboxylic acids is 1. The molecule has 1 aliphatic rings. The Morgan fingerprint density at radius 3 is 2.48 bits per heavy atom. The van der Waals surface area contributed by atoms with E-state index in [1.807, 2.05) is 0 Å². The first-order chi connectivity index (χ1) is 10.9. The highest BCUT2D eigenvalue weighted by Crippen LogP contribution is 2.27. The number of carbonyl (C=O) groups is 1. The van der Waals surface area contributed by atoms with E-state index < -0.39 is 11.9 Å². The monoisotopic (exact) mass is 324 g/mol. The maximum absolute atomic E-state index is 12.5. The zero-order chi connectivity index (χ0) is 16.4. The molecule has 1 aromatic carbocycles. The summed E-state index contributed by atoms with van der Waals surface area (Å²) in [6.07, 6.45) is -3.19. The highest BCUT2D eigenvalue weighted by Gasteiger charge is 2.33. The van der Waals surface area contributed by atoms with Gasteiger partial charge in [-0.05, 0) is 23.8 Å². The summed E-state index contributed by atoms with van der Waals surface area (Å²) in [6, 6.07) is 7.77. The van der Waals surface area contributed by atoms with Crippen molar-refractivity contribution >= 4 is 5.91 Å². The van der Waals surface area contributed by atoms with Crippen LogP contribution >= 0.6 is 0 Å². The summed E-state index contributed by atoms with van der Waals surface area (Å²) in [5, 5.41) is 9.37. The Balaban J connectivity index is 1.62. The highest BCUT2D eigenvalue weighted by molar-refractivity contribution is 5.79. The summed E-state index contributed by atoms with van der Waals surface area (Å²) in [5.74, 6) is 0.0360. The minimum atomic E-state index is -4.45. The number of alkyl halides is 3. The topological polar surface area (TPSA) is 59.0 Å². The van der Waals surface area contributed by atoms with Crippen LogP contribution in [-0.2, 0) is 17.5 Å². The lowest BCUT2D eigenvalue weighted by Gasteiger charge is -2.25. The Kier molecular flexibility index (Phi) is 4.08. The molecule has 0 bridgehead atoms. The van der Waals surface area contributed by atoms with Crippen molar-refractivity contribution in [1.29, 1.82) is 0 Å². The maximum atomic E-state index is 12.5. The van der Waals surface area contributed by atoms with Crippen molar-refractivity contribution in [2.24, 2.45) is 5.92 Å². The number of halogens is 3. The third-order valence-electron chi connectivity index (χ3n) is 3.70. The number of hydrogen-bond donors (Lipinski definition) is 2. The minimum Gasteiger partial charge on any atom is -0.352 e. The SMILES string of the molecule is O=C(NCc1ccc(-n2ccc(C(F)(F)F)n2)cc1)C1CNC1. The largest absolute Gasteiger partial charge is 0.435 e. The van der Waals surface area contributed by atoms with E-state index in [9.17, 15) is 18.0 Å². The van der Waals surface area contributed by atoms with E-state index in [2.05, 4.69) is 15.7 Å². The fourth-order valence-corrected chi connectivity index (χ4v) is 2.19. The Bertz CT molecular complexity index is 689. The number of amides is 1. The van der Waals surface area contributed by atoms with Crippen LogP contribution in [0.25, 0.3) is 5.69 Å². The molecule has 2 heterocycles. The average Bonchev–Trinajstić information content (AvgIpc) is 2.93. The van der Waals surface area contributed by atoms with Gasteiger partial charge in [0.05, 0.1) is 11.6 Å². The second-order valence-corrected chi connectivity index (χ2v) is 5.38. The normalized spacial score (nSPS) is 15.3. The predicted molar refractivity (Wildman–Crippen MR) is 76.8 cm³/mol. The van der Waals surface area contributed by atoms with Gasteiger partial charge in [0, 0.05) is 25.8 Å². The Morgan fingerprint density at radius 1 is 1.26 bits per heavy atom. The van der Waals surface area contributed by atoms with Crippen molar-refractivity contribution in [2.45, 2.75) is 12.7 Å². The van der Waals surface area contributed by atoms with E-state index in [0.717, 1.165) is 11.6 Å². The molecule has 2 N–H and O–H groups in total. The fourth-order valence-electron chi connectivity index (χ4n) is 2.19. The lowest BCUT2D eigenvalue weighted by atomic mass is 10.0. The molecule has 1 fully saturated rings. The minimum absolute atomic E-state index is 0.00900. The van der Waals surface area contributed by atoms with Crippen molar-refractivity contribution in [3.8, 4) is 5.69 Å². The standard InChI is InChI=1S/C15H15F3N4O/c16-15(17,18)13-5-6-22(21-13)12-3-1-10(2-4-12)7-20-14(23)11-8-19-9-11/h1-6,11,19H,7-9H2,(H,20,23). The summed E-state index contributed by atoms with van der Waals surface area (Å²) in [6.45, 7) is 1.79. The van der Waals surface area contributed by atoms with Crippen molar-refractivity contribution in [3.05, 3.63) is 47.8 Å². The molecule has 0 atom stereocenters. The smallest absolute Gasteiger partial charge is 0.352 e. The van der Waals surface area contributed by atoms with Gasteiger partial charge in [0.15, 0.2) is 5.69 Å². The summed E-state index contributed by atoms with van der Waals surface area (Å²) in [4.78, 5) is 11.7. The molecular weight excluding hydrogens is 309 g/mol. The second kappa shape index (κ2) is 6.04. The van der Waals surface area contributed by atoms with Crippen LogP contribution in [-0.4, -0.2) is 28.8 Å². The third kappa shape index (κ3) is 3.53. The van der Waals surface area contributed by atoms with Crippen LogP contribution in [0, 0.1) is 5.92 Å². The summed E-state index contributed by atoms with van der Waals surface area (Å²) in [5.41, 5.74) is 0.472. The first-order valence-corrected chi connectivity index (χ1v) is 7.14. The van der Waals surface area contributed by atoms with E-state index in [1.54, 1.807) is 24.3 Å². The number of aromatic nitrogens is 2. The average molecular weight is 324 g/mol. The zero-order valence-electron chi connectivity index (χ0n) is 12.1. The molecule has 0 saturated carbocycles. The molecule has 0 unspecified atom stereocenters. The molecule has 0 aliphatic carbocycles. The maximum Gasteiger partial charge on any atom is 0.435 e. The van der Waals surface area contributed by atoms with Crippen LogP contribution in [0.1, 0.15) is 11.3 Å². The first-order valence-electron chi connectivity index (χ1n) is 7.14. The molecular formula is C15H15F3N4O. The van der Waals surface area contributed by atoms with E-state index in [-0.39, 0.29) is 11.8 Å². The number of rotatable bonds is 4. The van der Waals surface area contributed by atoms with Crippen molar-refractivity contribution in [1.82, 2.24) is 20.4 Å². The van der Waals surface area contributed by atoms with Gasteiger partial charge in [0.1, 0.15) is 0 Å². The van der Waals surface area contributed by atoms with E-state index in [4.69, 9.17) is 0 Å². The van der Waals surface area contributed by atoms with E-state index in [0.29, 0.717) is 25.3 Å². The number of hydrogen-bond acceptors (Lipinski definition) is 3. The van der Waals surface area contributed by atoms with Gasteiger partial charge in [-0.3, -0.25) is 4.79 Å². The van der Waals surface area contributed by atoms with Gasteiger partial charge in [0.25, 0.3) is 0 Å². The van der Waals surface area contributed by atoms with Gasteiger partial charge in [-0.2, -0.15) is 18.3 Å². The van der Waals surface area contributed by atoms with Crippen molar-refractivity contribution < 1.29 is 18.0 Å². The van der Waals surface area contributed by atoms with E-state index in [1.165, 1.54) is 10.9 Å². The molecule has 1 saturated heterocycles. The summed E-state index contributed by atoms with van der Waals surface area (Å²) >= 11 is 0. The molecule has 3 rings (SSSR count). The van der Waals surface area contributed by atoms with Gasteiger partial charge < -0.3 is 10.6 Å². The first kappa shape index (κ1) is 15.5. The molecule has 1 aromatic heterocycles. The number of benzene rings is 1. The van der Waals surface area contributed by atoms with Crippen LogP contribution in [0.4, 0.5) is 13.2 Å². The number of nitrogens with one attached hydrogen (secondary N) is 2. The molecule has 0 spiro atoms. The van der Waals surface area contributed by atoms with Crippen molar-refractivity contribution in [3.63, 3.8) is 0 Å². The van der Waals surface area contributed by atoms with Crippen LogP contribution in [0.15, 0.2) is 36.5 Å². The Morgan fingerprint density at radius 2 is 1.96 bits per heavy atom. The van der Waals surface area contributed by atoms with Crippen molar-refractivity contribution in [2.75, 3.05) is 13.1 Å². The van der Waals surface area contributed by atoms with Crippen LogP contribution in [0.2, 0.25) is 0 Å². The zero-order valence-corrected chi connectivity index (χ0v) is 12.1. The van der Waals surface area contributed by atoms with Gasteiger partial charge in [-0.1, -0.05) is 12.1 Å². The van der Waals surface area contributed by atoms with Gasteiger partial charge >= 0.3 is 6.18 Å². The lowest BCUT2D eigenvalue weighted by Crippen LogP contribution is -2.50. The molecule has 23 heavy (non-hydrogen) atoms. The Hall–Kier alpha value is -2.35. The molecule has 5 nitrogen and oxygen atoms in total. The molecule has 8 heteroatoms. The van der Waals surface area contributed by atoms with Gasteiger partial charge in [-0.15, -0.1) is 0 Å². The quantitative estimate of drug-likeness (QED) is 0.900. The molecule has 122 valence electrons. The molecule has 2 aromatic rings. The van der Waals surface area contributed by atoms with Gasteiger partial charge in [0.2, 0.25) is 5.91 Å². The highest BCUT2D eigenvalue weighted by atomic mass is 19.4. The molecule has 0 radical (unpaired) electrons. The second-order valence-electron chi connectivity index (χ2n) is 5.38. The van der Waals surface area contributed by atoms with Crippen LogP contribution in [0.5, 0.6) is 0 Å². The predicted octanol–water partition coefficient (Wildman–Crippen LogP) is 1.73. The molecule has 1 amide bonds. The lowest BCUT2D eigenvalue weighted by molar-refractivity contribution is -0.141. The summed E-state index contributed by atoms with van der Waals surface area (Å²) < 4.78 is 38.8. The Labute approximate surface area is 130 Å². The van der Waals surface area contributed by atoms with Crippen LogP contribution < -0.4 is 10.6 Å². The van der Waals surface area contributed by atoms with Crippen LogP contribution in [0.3, 0.4) is 0 Å². The van der Waals surface area contributed by atoms with E-state index >= 15 is 0 Å². The fraction of sp³-hybridized carbons (Fsp3) is 0.333. The summed E-state index contributed by atoms with van der Waals surface area (Å²) in [7, 11) is 0. The van der Waals surface area contributed by atoms with Gasteiger partial charge in [-0.25, -0.2) is 4.68 Å². The molecule has 1 aliphatic heterocycles.